The molecule has 0 aliphatic heterocycles. The third kappa shape index (κ3) is 3.63. The molecule has 4 nitrogen and oxygen atoms in total. The van der Waals surface area contributed by atoms with Crippen LogP contribution in [0.4, 0.5) is 10.5 Å². The van der Waals surface area contributed by atoms with Gasteiger partial charge in [0.15, 0.2) is 0 Å². The molecule has 0 bridgehead atoms. The number of anilines is 1. The van der Waals surface area contributed by atoms with Gasteiger partial charge in [-0.2, -0.15) is 0 Å². The first kappa shape index (κ1) is 13.7. The molecule has 0 radical (unpaired) electrons. The van der Waals surface area contributed by atoms with E-state index in [0.29, 0.717) is 24.0 Å². The molecule has 1 aromatic carbocycles. The third-order valence-corrected chi connectivity index (χ3v) is 3.71. The summed E-state index contributed by atoms with van der Waals surface area (Å²) in [6, 6.07) is 7.29. The minimum Gasteiger partial charge on any atom is -0.491 e. The lowest BCUT2D eigenvalue weighted by molar-refractivity contribution is 0.200. The number of rotatable bonds is 4. The fraction of sp³-hybridized carbons (Fsp3) is 0.533. The molecule has 0 unspecified atom stereocenters. The molecule has 4 heteroatoms. The van der Waals surface area contributed by atoms with Gasteiger partial charge in [-0.05, 0) is 30.9 Å². The van der Waals surface area contributed by atoms with Crippen molar-refractivity contribution in [2.24, 2.45) is 5.92 Å². The summed E-state index contributed by atoms with van der Waals surface area (Å²) in [6.07, 6.45) is 5.35. The predicted octanol–water partition coefficient (Wildman–Crippen LogP) is 3.76. The quantitative estimate of drug-likeness (QED) is 0.899. The molecule has 0 aromatic heterocycles. The van der Waals surface area contributed by atoms with Gasteiger partial charge in [0.1, 0.15) is 5.75 Å². The van der Waals surface area contributed by atoms with Gasteiger partial charge in [0.2, 0.25) is 0 Å². The Balaban J connectivity index is 2.01. The highest BCUT2D eigenvalue weighted by atomic mass is 16.5. The Labute approximate surface area is 114 Å². The molecule has 1 amide bonds. The largest absolute Gasteiger partial charge is 0.491 e. The summed E-state index contributed by atoms with van der Waals surface area (Å²) in [5.74, 6) is 1.26. The van der Waals surface area contributed by atoms with Crippen LogP contribution in [0, 0.1) is 5.92 Å². The Morgan fingerprint density at radius 1 is 1.32 bits per heavy atom. The van der Waals surface area contributed by atoms with Crippen molar-refractivity contribution in [3.63, 3.8) is 0 Å². The van der Waals surface area contributed by atoms with Crippen LogP contribution in [-0.2, 0) is 0 Å². The van der Waals surface area contributed by atoms with E-state index >= 15 is 0 Å². The Hall–Kier alpha value is -1.71. The highest BCUT2D eigenvalue weighted by molar-refractivity contribution is 5.87. The van der Waals surface area contributed by atoms with Crippen LogP contribution in [0.1, 0.15) is 32.1 Å². The molecule has 0 saturated heterocycles. The van der Waals surface area contributed by atoms with Crippen molar-refractivity contribution >= 4 is 11.8 Å². The highest BCUT2D eigenvalue weighted by Crippen LogP contribution is 2.29. The molecule has 2 rings (SSSR count). The second-order valence-corrected chi connectivity index (χ2v) is 5.12. The fourth-order valence-electron chi connectivity index (χ4n) is 2.52. The average molecular weight is 263 g/mol. The van der Waals surface area contributed by atoms with E-state index < -0.39 is 6.09 Å². The molecule has 19 heavy (non-hydrogen) atoms. The number of nitrogens with zero attached hydrogens (tertiary/aromatic N) is 1. The standard InChI is InChI=1S/C15H21NO3/c1-16(15(17)18)13-9-5-6-10-14(13)19-11-12-7-3-2-4-8-12/h5-6,9-10,12H,2-4,7-8,11H2,1H3,(H,17,18). The lowest BCUT2D eigenvalue weighted by Crippen LogP contribution is -2.25. The average Bonchev–Trinajstić information content (AvgIpc) is 2.45. The molecule has 104 valence electrons. The van der Waals surface area contributed by atoms with E-state index in [1.54, 1.807) is 6.07 Å². The number of carboxylic acid groups (broad SMARTS) is 1. The Kier molecular flexibility index (Phi) is 4.66. The van der Waals surface area contributed by atoms with Crippen LogP contribution in [0.2, 0.25) is 0 Å². The first-order chi connectivity index (χ1) is 9.18. The van der Waals surface area contributed by atoms with Gasteiger partial charge in [0.05, 0.1) is 12.3 Å². The van der Waals surface area contributed by atoms with Crippen LogP contribution in [0.5, 0.6) is 5.75 Å². The lowest BCUT2D eigenvalue weighted by atomic mass is 9.90. The third-order valence-electron chi connectivity index (χ3n) is 3.71. The monoisotopic (exact) mass is 263 g/mol. The molecule has 0 atom stereocenters. The minimum absolute atomic E-state index is 0.603. The van der Waals surface area contributed by atoms with E-state index in [4.69, 9.17) is 9.84 Å². The Morgan fingerprint density at radius 3 is 2.68 bits per heavy atom. The zero-order chi connectivity index (χ0) is 13.7. The molecule has 1 aliphatic rings. The minimum atomic E-state index is -0.978. The summed E-state index contributed by atoms with van der Waals surface area (Å²) >= 11 is 0. The van der Waals surface area contributed by atoms with Gasteiger partial charge in [-0.3, -0.25) is 4.90 Å². The maximum absolute atomic E-state index is 11.0. The zero-order valence-corrected chi connectivity index (χ0v) is 11.3. The summed E-state index contributed by atoms with van der Waals surface area (Å²) < 4.78 is 5.84. The molecule has 1 aliphatic carbocycles. The number of ether oxygens (including phenoxy) is 1. The van der Waals surface area contributed by atoms with E-state index in [2.05, 4.69) is 0 Å². The number of hydrogen-bond acceptors (Lipinski definition) is 2. The molecule has 1 aromatic rings. The predicted molar refractivity (Wildman–Crippen MR) is 74.9 cm³/mol. The summed E-state index contributed by atoms with van der Waals surface area (Å²) in [5.41, 5.74) is 0.603. The van der Waals surface area contributed by atoms with Crippen molar-refractivity contribution in [3.05, 3.63) is 24.3 Å². The van der Waals surface area contributed by atoms with Crippen molar-refractivity contribution in [2.75, 3.05) is 18.6 Å². The van der Waals surface area contributed by atoms with E-state index in [9.17, 15) is 4.79 Å². The van der Waals surface area contributed by atoms with Crippen LogP contribution in [0.25, 0.3) is 0 Å². The van der Waals surface area contributed by atoms with Gasteiger partial charge in [-0.15, -0.1) is 0 Å². The Morgan fingerprint density at radius 2 is 2.00 bits per heavy atom. The van der Waals surface area contributed by atoms with Gasteiger partial charge < -0.3 is 9.84 Å². The molecule has 1 fully saturated rings. The molecular weight excluding hydrogens is 242 g/mol. The number of hydrogen-bond donors (Lipinski definition) is 1. The van der Waals surface area contributed by atoms with Gasteiger partial charge in [0.25, 0.3) is 0 Å². The van der Waals surface area contributed by atoms with E-state index in [-0.39, 0.29) is 0 Å². The van der Waals surface area contributed by atoms with E-state index in [0.717, 1.165) is 0 Å². The van der Waals surface area contributed by atoms with Crippen LogP contribution in [0.15, 0.2) is 24.3 Å². The maximum atomic E-state index is 11.0. The number of benzene rings is 1. The molecule has 1 saturated carbocycles. The van der Waals surface area contributed by atoms with Crippen molar-refractivity contribution in [3.8, 4) is 5.75 Å². The second-order valence-electron chi connectivity index (χ2n) is 5.12. The number of amides is 1. The first-order valence-corrected chi connectivity index (χ1v) is 6.87. The van der Waals surface area contributed by atoms with Crippen molar-refractivity contribution in [1.29, 1.82) is 0 Å². The van der Waals surface area contributed by atoms with Crippen molar-refractivity contribution < 1.29 is 14.6 Å². The summed E-state index contributed by atoms with van der Waals surface area (Å²) in [7, 11) is 1.53. The second kappa shape index (κ2) is 6.45. The van der Waals surface area contributed by atoms with E-state index in [1.807, 2.05) is 18.2 Å². The topological polar surface area (TPSA) is 49.8 Å². The summed E-state index contributed by atoms with van der Waals surface area (Å²) in [4.78, 5) is 12.2. The molecule has 0 heterocycles. The van der Waals surface area contributed by atoms with Crippen molar-refractivity contribution in [2.45, 2.75) is 32.1 Å². The Bertz CT molecular complexity index is 427. The van der Waals surface area contributed by atoms with Gasteiger partial charge in [-0.1, -0.05) is 31.4 Å². The molecule has 0 spiro atoms. The van der Waals surface area contributed by atoms with Crippen LogP contribution >= 0.6 is 0 Å². The fourth-order valence-corrected chi connectivity index (χ4v) is 2.52. The molecule has 1 N–H and O–H groups in total. The number of para-hydroxylation sites is 2. The summed E-state index contributed by atoms with van der Waals surface area (Å²) in [5, 5.41) is 9.05. The maximum Gasteiger partial charge on any atom is 0.411 e. The molecular formula is C15H21NO3. The lowest BCUT2D eigenvalue weighted by Gasteiger charge is -2.23. The van der Waals surface area contributed by atoms with Gasteiger partial charge in [-0.25, -0.2) is 4.79 Å². The zero-order valence-electron chi connectivity index (χ0n) is 11.3. The SMILES string of the molecule is CN(C(=O)O)c1ccccc1OCC1CCCCC1. The van der Waals surface area contributed by atoms with Crippen molar-refractivity contribution in [1.82, 2.24) is 0 Å². The summed E-state index contributed by atoms with van der Waals surface area (Å²) in [6.45, 7) is 0.685. The highest BCUT2D eigenvalue weighted by Gasteiger charge is 2.17. The normalized spacial score (nSPS) is 16.1. The van der Waals surface area contributed by atoms with E-state index in [1.165, 1.54) is 44.1 Å². The van der Waals surface area contributed by atoms with Crippen LogP contribution < -0.4 is 9.64 Å². The van der Waals surface area contributed by atoms with Crippen LogP contribution in [-0.4, -0.2) is 24.9 Å². The number of carbonyl (C=O) groups is 1. The smallest absolute Gasteiger partial charge is 0.411 e. The van der Waals surface area contributed by atoms with Gasteiger partial charge in [0, 0.05) is 7.05 Å². The first-order valence-electron chi connectivity index (χ1n) is 6.87. The van der Waals surface area contributed by atoms with Gasteiger partial charge >= 0.3 is 6.09 Å². The van der Waals surface area contributed by atoms with Crippen LogP contribution in [0.3, 0.4) is 0 Å².